The Hall–Kier alpha value is -2.38. The lowest BCUT2D eigenvalue weighted by Crippen LogP contribution is -2.35. The van der Waals surface area contributed by atoms with Gasteiger partial charge in [-0.25, -0.2) is 8.42 Å². The summed E-state index contributed by atoms with van der Waals surface area (Å²) in [7, 11) is -1.65. The van der Waals surface area contributed by atoms with Crippen LogP contribution in [0.1, 0.15) is 21.5 Å². The highest BCUT2D eigenvalue weighted by molar-refractivity contribution is 7.88. The van der Waals surface area contributed by atoms with E-state index in [0.29, 0.717) is 36.5 Å². The lowest BCUT2D eigenvalue weighted by molar-refractivity contribution is 0.102. The first-order valence-electron chi connectivity index (χ1n) is 7.89. The van der Waals surface area contributed by atoms with E-state index in [4.69, 9.17) is 4.74 Å². The summed E-state index contributed by atoms with van der Waals surface area (Å²) in [6, 6.07) is 12.5. The van der Waals surface area contributed by atoms with Gasteiger partial charge in [0.05, 0.1) is 13.4 Å². The van der Waals surface area contributed by atoms with Crippen LogP contribution in [0, 0.1) is 0 Å². The minimum atomic E-state index is -3.22. The van der Waals surface area contributed by atoms with Crippen LogP contribution in [-0.2, 0) is 23.0 Å². The number of sulfonamides is 1. The van der Waals surface area contributed by atoms with E-state index < -0.39 is 10.0 Å². The monoisotopic (exact) mass is 360 g/mol. The molecule has 6 nitrogen and oxygen atoms in total. The van der Waals surface area contributed by atoms with Crippen molar-refractivity contribution in [2.24, 2.45) is 0 Å². The van der Waals surface area contributed by atoms with Crippen LogP contribution in [-0.4, -0.2) is 38.5 Å². The molecule has 0 spiro atoms. The molecule has 0 aliphatic carbocycles. The van der Waals surface area contributed by atoms with Gasteiger partial charge in [0.25, 0.3) is 5.91 Å². The number of methoxy groups -OCH3 is 1. The van der Waals surface area contributed by atoms with Gasteiger partial charge >= 0.3 is 0 Å². The zero-order chi connectivity index (χ0) is 18.0. The maximum atomic E-state index is 12.3. The molecular weight excluding hydrogens is 340 g/mol. The maximum Gasteiger partial charge on any atom is 0.255 e. The SMILES string of the molecule is COc1ccc(C(=O)Nc2ccc3c(c2)CN(S(C)(=O)=O)CC3)cc1. The summed E-state index contributed by atoms with van der Waals surface area (Å²) >= 11 is 0. The average Bonchev–Trinajstić information content (AvgIpc) is 2.60. The molecule has 0 unspecified atom stereocenters. The van der Waals surface area contributed by atoms with Crippen LogP contribution in [0.25, 0.3) is 0 Å². The number of amides is 1. The van der Waals surface area contributed by atoms with Crippen LogP contribution < -0.4 is 10.1 Å². The molecule has 132 valence electrons. The number of benzene rings is 2. The molecule has 0 fully saturated rings. The first kappa shape index (κ1) is 17.4. The van der Waals surface area contributed by atoms with Crippen molar-refractivity contribution in [3.63, 3.8) is 0 Å². The molecule has 2 aromatic carbocycles. The Morgan fingerprint density at radius 3 is 2.48 bits per heavy atom. The molecule has 1 N–H and O–H groups in total. The molecule has 0 saturated carbocycles. The van der Waals surface area contributed by atoms with Gasteiger partial charge in [-0.15, -0.1) is 0 Å². The van der Waals surface area contributed by atoms with Gasteiger partial charge in [-0.2, -0.15) is 4.31 Å². The quantitative estimate of drug-likeness (QED) is 0.907. The van der Waals surface area contributed by atoms with Crippen LogP contribution in [0.3, 0.4) is 0 Å². The average molecular weight is 360 g/mol. The largest absolute Gasteiger partial charge is 0.497 e. The van der Waals surface area contributed by atoms with Gasteiger partial charge in [-0.05, 0) is 53.9 Å². The topological polar surface area (TPSA) is 75.7 Å². The van der Waals surface area contributed by atoms with Gasteiger partial charge in [0.15, 0.2) is 0 Å². The number of carbonyl (C=O) groups is 1. The lowest BCUT2D eigenvalue weighted by Gasteiger charge is -2.27. The molecule has 7 heteroatoms. The molecule has 25 heavy (non-hydrogen) atoms. The second kappa shape index (κ2) is 6.85. The van der Waals surface area contributed by atoms with Crippen molar-refractivity contribution in [1.29, 1.82) is 0 Å². The third kappa shape index (κ3) is 4.00. The van der Waals surface area contributed by atoms with Crippen molar-refractivity contribution in [3.8, 4) is 5.75 Å². The third-order valence-electron chi connectivity index (χ3n) is 4.26. The molecule has 3 rings (SSSR count). The van der Waals surface area contributed by atoms with E-state index in [1.165, 1.54) is 10.6 Å². The molecule has 0 saturated heterocycles. The number of ether oxygens (including phenoxy) is 1. The van der Waals surface area contributed by atoms with E-state index in [-0.39, 0.29) is 5.91 Å². The molecule has 0 aromatic heterocycles. The standard InChI is InChI=1S/C18H20N2O4S/c1-24-17-7-4-14(5-8-17)18(21)19-16-6-3-13-9-10-20(25(2,22)23)12-15(13)11-16/h3-8,11H,9-10,12H2,1-2H3,(H,19,21). The lowest BCUT2D eigenvalue weighted by atomic mass is 10.0. The number of fused-ring (bicyclic) bond motifs is 1. The molecule has 0 atom stereocenters. The van der Waals surface area contributed by atoms with Crippen molar-refractivity contribution in [3.05, 3.63) is 59.2 Å². The van der Waals surface area contributed by atoms with Crippen LogP contribution in [0.2, 0.25) is 0 Å². The number of hydrogen-bond donors (Lipinski definition) is 1. The van der Waals surface area contributed by atoms with Gasteiger partial charge in [0.2, 0.25) is 10.0 Å². The molecule has 0 radical (unpaired) electrons. The number of nitrogens with zero attached hydrogens (tertiary/aromatic N) is 1. The molecule has 0 bridgehead atoms. The van der Waals surface area contributed by atoms with Crippen molar-refractivity contribution in [1.82, 2.24) is 4.31 Å². The number of nitrogens with one attached hydrogen (secondary N) is 1. The minimum Gasteiger partial charge on any atom is -0.497 e. The van der Waals surface area contributed by atoms with E-state index in [9.17, 15) is 13.2 Å². The molecule has 1 aliphatic heterocycles. The summed E-state index contributed by atoms with van der Waals surface area (Å²) in [6.07, 6.45) is 1.89. The van der Waals surface area contributed by atoms with Gasteiger partial charge in [0.1, 0.15) is 5.75 Å². The van der Waals surface area contributed by atoms with Crippen molar-refractivity contribution >= 4 is 21.6 Å². The third-order valence-corrected chi connectivity index (χ3v) is 5.51. The molecule has 1 amide bonds. The van der Waals surface area contributed by atoms with E-state index in [1.807, 2.05) is 18.2 Å². The summed E-state index contributed by atoms with van der Waals surface area (Å²) in [6.45, 7) is 0.823. The Kier molecular flexibility index (Phi) is 4.78. The van der Waals surface area contributed by atoms with Gasteiger partial charge in [-0.1, -0.05) is 6.07 Å². The van der Waals surface area contributed by atoms with Crippen molar-refractivity contribution < 1.29 is 17.9 Å². The molecule has 1 heterocycles. The number of hydrogen-bond acceptors (Lipinski definition) is 4. The molecule has 2 aromatic rings. The fourth-order valence-corrected chi connectivity index (χ4v) is 3.63. The highest BCUT2D eigenvalue weighted by atomic mass is 32.2. The summed E-state index contributed by atoms with van der Waals surface area (Å²) in [5.74, 6) is 0.463. The Morgan fingerprint density at radius 1 is 1.12 bits per heavy atom. The fraction of sp³-hybridized carbons (Fsp3) is 0.278. The van der Waals surface area contributed by atoms with E-state index >= 15 is 0 Å². The smallest absolute Gasteiger partial charge is 0.255 e. The summed E-state index contributed by atoms with van der Waals surface area (Å²) in [5.41, 5.74) is 3.21. The first-order chi connectivity index (χ1) is 11.9. The Morgan fingerprint density at radius 2 is 1.84 bits per heavy atom. The maximum absolute atomic E-state index is 12.3. The van der Waals surface area contributed by atoms with E-state index in [0.717, 1.165) is 11.1 Å². The predicted octanol–water partition coefficient (Wildman–Crippen LogP) is 2.27. The van der Waals surface area contributed by atoms with Gasteiger partial charge < -0.3 is 10.1 Å². The molecule has 1 aliphatic rings. The highest BCUT2D eigenvalue weighted by Crippen LogP contribution is 2.24. The van der Waals surface area contributed by atoms with Gasteiger partial charge in [-0.3, -0.25) is 4.79 Å². The zero-order valence-corrected chi connectivity index (χ0v) is 15.0. The van der Waals surface area contributed by atoms with Crippen molar-refractivity contribution in [2.75, 3.05) is 25.2 Å². The second-order valence-electron chi connectivity index (χ2n) is 6.01. The summed E-state index contributed by atoms with van der Waals surface area (Å²) < 4.78 is 30.0. The minimum absolute atomic E-state index is 0.224. The van der Waals surface area contributed by atoms with Crippen LogP contribution in [0.5, 0.6) is 5.75 Å². The van der Waals surface area contributed by atoms with Crippen molar-refractivity contribution in [2.45, 2.75) is 13.0 Å². The van der Waals surface area contributed by atoms with Crippen LogP contribution >= 0.6 is 0 Å². The van der Waals surface area contributed by atoms with Crippen LogP contribution in [0.4, 0.5) is 5.69 Å². The second-order valence-corrected chi connectivity index (χ2v) is 8.00. The number of rotatable bonds is 4. The Balaban J connectivity index is 1.76. The first-order valence-corrected chi connectivity index (χ1v) is 9.74. The Bertz CT molecular complexity index is 892. The Labute approximate surface area is 147 Å². The van der Waals surface area contributed by atoms with Crippen LogP contribution in [0.15, 0.2) is 42.5 Å². The highest BCUT2D eigenvalue weighted by Gasteiger charge is 2.23. The number of carbonyl (C=O) groups excluding carboxylic acids is 1. The van der Waals surface area contributed by atoms with Gasteiger partial charge in [0, 0.05) is 24.3 Å². The van der Waals surface area contributed by atoms with E-state index in [1.54, 1.807) is 31.4 Å². The summed E-state index contributed by atoms with van der Waals surface area (Å²) in [5, 5.41) is 2.85. The zero-order valence-electron chi connectivity index (χ0n) is 14.2. The number of anilines is 1. The fourth-order valence-electron chi connectivity index (χ4n) is 2.84. The molecular formula is C18H20N2O4S. The predicted molar refractivity (Wildman–Crippen MR) is 96.3 cm³/mol. The summed E-state index contributed by atoms with van der Waals surface area (Å²) in [4.78, 5) is 12.3. The van der Waals surface area contributed by atoms with E-state index in [2.05, 4.69) is 5.32 Å². The normalized spacial score (nSPS) is 14.6.